The summed E-state index contributed by atoms with van der Waals surface area (Å²) >= 11 is 0. The highest BCUT2D eigenvalue weighted by atomic mass is 32.2. The van der Waals surface area contributed by atoms with Crippen LogP contribution in [0, 0.1) is 6.92 Å². The lowest BCUT2D eigenvalue weighted by Crippen LogP contribution is -2.39. The summed E-state index contributed by atoms with van der Waals surface area (Å²) in [6.45, 7) is 3.35. The quantitative estimate of drug-likeness (QED) is 0.857. The SMILES string of the molecule is Cc1cc(NC(=O)N2CCCN(S(C)(=O)=O)CC2)no1. The van der Waals surface area contributed by atoms with E-state index in [1.807, 2.05) is 0 Å². The van der Waals surface area contributed by atoms with Gasteiger partial charge >= 0.3 is 6.03 Å². The molecule has 0 saturated carbocycles. The predicted octanol–water partition coefficient (Wildman–Crippen LogP) is 0.482. The van der Waals surface area contributed by atoms with Gasteiger partial charge in [0.05, 0.1) is 6.26 Å². The fourth-order valence-corrected chi connectivity index (χ4v) is 2.92. The fraction of sp³-hybridized carbons (Fsp3) is 0.636. The number of aryl methyl sites for hydroxylation is 1. The Labute approximate surface area is 117 Å². The first-order chi connectivity index (χ1) is 9.36. The molecule has 0 aliphatic carbocycles. The number of nitrogens with one attached hydrogen (secondary N) is 1. The van der Waals surface area contributed by atoms with Gasteiger partial charge in [-0.05, 0) is 13.3 Å². The van der Waals surface area contributed by atoms with E-state index in [1.165, 1.54) is 10.6 Å². The first-order valence-electron chi connectivity index (χ1n) is 6.30. The van der Waals surface area contributed by atoms with Gasteiger partial charge in [-0.1, -0.05) is 5.16 Å². The van der Waals surface area contributed by atoms with Gasteiger partial charge in [0.15, 0.2) is 5.82 Å². The number of carbonyl (C=O) groups is 1. The molecule has 0 spiro atoms. The summed E-state index contributed by atoms with van der Waals surface area (Å²) in [6.07, 6.45) is 1.79. The number of hydrogen-bond acceptors (Lipinski definition) is 5. The van der Waals surface area contributed by atoms with Crippen molar-refractivity contribution in [2.45, 2.75) is 13.3 Å². The Balaban J connectivity index is 1.95. The van der Waals surface area contributed by atoms with Crippen LogP contribution in [0.15, 0.2) is 10.6 Å². The van der Waals surface area contributed by atoms with E-state index in [-0.39, 0.29) is 6.03 Å². The third-order valence-electron chi connectivity index (χ3n) is 3.07. The molecule has 0 aromatic carbocycles. The molecule has 20 heavy (non-hydrogen) atoms. The molecule has 1 fully saturated rings. The molecule has 8 nitrogen and oxygen atoms in total. The smallest absolute Gasteiger partial charge is 0.323 e. The predicted molar refractivity (Wildman–Crippen MR) is 72.9 cm³/mol. The lowest BCUT2D eigenvalue weighted by atomic mass is 10.4. The van der Waals surface area contributed by atoms with Crippen molar-refractivity contribution in [1.29, 1.82) is 0 Å². The van der Waals surface area contributed by atoms with Gasteiger partial charge < -0.3 is 9.42 Å². The van der Waals surface area contributed by atoms with Gasteiger partial charge in [0.2, 0.25) is 10.0 Å². The minimum atomic E-state index is -3.21. The molecular formula is C11H18N4O4S. The summed E-state index contributed by atoms with van der Waals surface area (Å²) in [5, 5.41) is 6.32. The largest absolute Gasteiger partial charge is 0.360 e. The van der Waals surface area contributed by atoms with E-state index >= 15 is 0 Å². The van der Waals surface area contributed by atoms with Crippen LogP contribution in [0.1, 0.15) is 12.2 Å². The topological polar surface area (TPSA) is 95.8 Å². The Bertz CT molecular complexity index is 583. The summed E-state index contributed by atoms with van der Waals surface area (Å²) in [5.41, 5.74) is 0. The first kappa shape index (κ1) is 14.8. The van der Waals surface area contributed by atoms with Gasteiger partial charge in [0, 0.05) is 32.2 Å². The van der Waals surface area contributed by atoms with Crippen molar-refractivity contribution in [3.63, 3.8) is 0 Å². The van der Waals surface area contributed by atoms with Gasteiger partial charge in [0.25, 0.3) is 0 Å². The molecule has 1 aromatic rings. The zero-order valence-corrected chi connectivity index (χ0v) is 12.3. The number of anilines is 1. The van der Waals surface area contributed by atoms with Crippen LogP contribution in [0.4, 0.5) is 10.6 Å². The van der Waals surface area contributed by atoms with Crippen LogP contribution in [0.3, 0.4) is 0 Å². The van der Waals surface area contributed by atoms with Crippen LogP contribution in [0.2, 0.25) is 0 Å². The number of rotatable bonds is 2. The number of sulfonamides is 1. The molecule has 1 aliphatic heterocycles. The zero-order valence-electron chi connectivity index (χ0n) is 11.5. The van der Waals surface area contributed by atoms with E-state index in [9.17, 15) is 13.2 Å². The van der Waals surface area contributed by atoms with E-state index in [2.05, 4.69) is 10.5 Å². The monoisotopic (exact) mass is 302 g/mol. The Morgan fingerprint density at radius 1 is 1.35 bits per heavy atom. The second-order valence-corrected chi connectivity index (χ2v) is 6.74. The standard InChI is InChI=1S/C11H18N4O4S/c1-9-8-10(13-19-9)12-11(16)14-4-3-5-15(7-6-14)20(2,17)18/h8H,3-7H2,1-2H3,(H,12,13,16). The lowest BCUT2D eigenvalue weighted by Gasteiger charge is -2.20. The molecule has 1 saturated heterocycles. The highest BCUT2D eigenvalue weighted by Crippen LogP contribution is 2.11. The number of nitrogens with zero attached hydrogens (tertiary/aromatic N) is 3. The molecule has 0 atom stereocenters. The summed E-state index contributed by atoms with van der Waals surface area (Å²) in [4.78, 5) is 13.6. The van der Waals surface area contributed by atoms with Crippen molar-refractivity contribution in [2.24, 2.45) is 0 Å². The number of urea groups is 1. The van der Waals surface area contributed by atoms with Crippen molar-refractivity contribution in [3.05, 3.63) is 11.8 Å². The molecule has 0 bridgehead atoms. The average molecular weight is 302 g/mol. The minimum Gasteiger partial charge on any atom is -0.360 e. The maximum Gasteiger partial charge on any atom is 0.323 e. The van der Waals surface area contributed by atoms with Crippen molar-refractivity contribution in [3.8, 4) is 0 Å². The van der Waals surface area contributed by atoms with Crippen LogP contribution in [0.25, 0.3) is 0 Å². The van der Waals surface area contributed by atoms with E-state index in [0.29, 0.717) is 44.2 Å². The molecule has 0 unspecified atom stereocenters. The van der Waals surface area contributed by atoms with Gasteiger partial charge in [-0.25, -0.2) is 17.5 Å². The van der Waals surface area contributed by atoms with Crippen molar-refractivity contribution in [1.82, 2.24) is 14.4 Å². The molecule has 2 rings (SSSR count). The summed E-state index contributed by atoms with van der Waals surface area (Å²) in [7, 11) is -3.21. The molecule has 1 aromatic heterocycles. The highest BCUT2D eigenvalue weighted by Gasteiger charge is 2.24. The maximum absolute atomic E-state index is 12.1. The average Bonchev–Trinajstić information content (AvgIpc) is 2.64. The first-order valence-corrected chi connectivity index (χ1v) is 8.15. The summed E-state index contributed by atoms with van der Waals surface area (Å²) in [6, 6.07) is 1.33. The highest BCUT2D eigenvalue weighted by molar-refractivity contribution is 7.88. The number of carbonyl (C=O) groups excluding carboxylic acids is 1. The zero-order chi connectivity index (χ0) is 14.8. The third-order valence-corrected chi connectivity index (χ3v) is 4.38. The van der Waals surface area contributed by atoms with E-state index < -0.39 is 10.0 Å². The van der Waals surface area contributed by atoms with Crippen LogP contribution < -0.4 is 5.32 Å². The van der Waals surface area contributed by atoms with Crippen LogP contribution in [-0.4, -0.2) is 61.2 Å². The number of amides is 2. The normalized spacial score (nSPS) is 17.8. The second kappa shape index (κ2) is 5.80. The van der Waals surface area contributed by atoms with Gasteiger partial charge in [-0.2, -0.15) is 0 Å². The fourth-order valence-electron chi connectivity index (χ4n) is 2.04. The van der Waals surface area contributed by atoms with Gasteiger partial charge in [0.1, 0.15) is 5.76 Å². The Hall–Kier alpha value is -1.61. The van der Waals surface area contributed by atoms with Gasteiger partial charge in [-0.15, -0.1) is 0 Å². The molecule has 9 heteroatoms. The number of aromatic nitrogens is 1. The van der Waals surface area contributed by atoms with Crippen LogP contribution in [-0.2, 0) is 10.0 Å². The van der Waals surface area contributed by atoms with E-state index in [1.54, 1.807) is 17.9 Å². The summed E-state index contributed by atoms with van der Waals surface area (Å²) in [5.74, 6) is 0.969. The van der Waals surface area contributed by atoms with Crippen molar-refractivity contribution < 1.29 is 17.7 Å². The van der Waals surface area contributed by atoms with Crippen molar-refractivity contribution in [2.75, 3.05) is 37.8 Å². The number of hydrogen-bond donors (Lipinski definition) is 1. The molecular weight excluding hydrogens is 284 g/mol. The minimum absolute atomic E-state index is 0.298. The Morgan fingerprint density at radius 3 is 2.70 bits per heavy atom. The van der Waals surface area contributed by atoms with Gasteiger partial charge in [-0.3, -0.25) is 5.32 Å². The van der Waals surface area contributed by atoms with Crippen LogP contribution >= 0.6 is 0 Å². The molecule has 1 N–H and O–H groups in total. The Morgan fingerprint density at radius 2 is 2.10 bits per heavy atom. The molecule has 1 aliphatic rings. The molecule has 0 radical (unpaired) electrons. The molecule has 112 valence electrons. The molecule has 2 heterocycles. The second-order valence-electron chi connectivity index (χ2n) is 4.76. The molecule has 2 amide bonds. The lowest BCUT2D eigenvalue weighted by molar-refractivity contribution is 0.214. The Kier molecular flexibility index (Phi) is 4.29. The van der Waals surface area contributed by atoms with Crippen LogP contribution in [0.5, 0.6) is 0 Å². The third kappa shape index (κ3) is 3.70. The van der Waals surface area contributed by atoms with E-state index in [0.717, 1.165) is 0 Å². The maximum atomic E-state index is 12.1. The summed E-state index contributed by atoms with van der Waals surface area (Å²) < 4.78 is 29.2. The van der Waals surface area contributed by atoms with Crippen molar-refractivity contribution >= 4 is 21.9 Å². The van der Waals surface area contributed by atoms with E-state index in [4.69, 9.17) is 4.52 Å².